The van der Waals surface area contributed by atoms with Gasteiger partial charge in [0.2, 0.25) is 0 Å². The molecule has 0 amide bonds. The molecule has 5 nitrogen and oxygen atoms in total. The van der Waals surface area contributed by atoms with Gasteiger partial charge in [0.15, 0.2) is 5.96 Å². The number of guanidine groups is 1. The molecule has 0 unspecified atom stereocenters. The molecule has 88 valence electrons. The van der Waals surface area contributed by atoms with Gasteiger partial charge in [0.1, 0.15) is 0 Å². The number of hydrogen-bond donors (Lipinski definition) is 1. The van der Waals surface area contributed by atoms with Gasteiger partial charge in [-0.2, -0.15) is 5.10 Å². The van der Waals surface area contributed by atoms with E-state index in [0.717, 1.165) is 31.3 Å². The highest BCUT2D eigenvalue weighted by Crippen LogP contribution is 2.11. The van der Waals surface area contributed by atoms with E-state index < -0.39 is 0 Å². The fourth-order valence-electron chi connectivity index (χ4n) is 1.96. The molecule has 1 aliphatic rings. The molecule has 0 aliphatic carbocycles. The van der Waals surface area contributed by atoms with Gasteiger partial charge in [-0.15, -0.1) is 0 Å². The normalized spacial score (nSPS) is 15.5. The number of nitrogens with one attached hydrogen (secondary N) is 1. The van der Waals surface area contributed by atoms with Crippen molar-refractivity contribution >= 4 is 5.96 Å². The van der Waals surface area contributed by atoms with Crippen LogP contribution in [0.15, 0.2) is 4.99 Å². The van der Waals surface area contributed by atoms with Gasteiger partial charge in [-0.1, -0.05) is 0 Å². The molecule has 0 saturated carbocycles. The fourth-order valence-corrected chi connectivity index (χ4v) is 1.96. The molecule has 0 saturated heterocycles. The topological polar surface area (TPSA) is 45.5 Å². The lowest BCUT2D eigenvalue weighted by atomic mass is 10.2. The first-order valence-electron chi connectivity index (χ1n) is 5.58. The van der Waals surface area contributed by atoms with Gasteiger partial charge in [-0.25, -0.2) is 0 Å². The van der Waals surface area contributed by atoms with Crippen molar-refractivity contribution in [2.24, 2.45) is 12.0 Å². The number of nitrogens with zero attached hydrogens (tertiary/aromatic N) is 4. The fraction of sp³-hybridized carbons (Fsp3) is 0.636. The Bertz CT molecular complexity index is 418. The maximum Gasteiger partial charge on any atom is 0.194 e. The lowest BCUT2D eigenvalue weighted by Crippen LogP contribution is -2.35. The number of aliphatic imine (C=N–C) groups is 1. The summed E-state index contributed by atoms with van der Waals surface area (Å²) in [5.74, 6) is 0.989. The van der Waals surface area contributed by atoms with E-state index in [0.29, 0.717) is 0 Å². The molecule has 0 atom stereocenters. The molecule has 0 radical (unpaired) electrons. The molecule has 1 N–H and O–H groups in total. The minimum absolute atomic E-state index is 0.800. The van der Waals surface area contributed by atoms with Gasteiger partial charge in [-0.3, -0.25) is 9.67 Å². The molecule has 0 spiro atoms. The molecule has 1 aromatic rings. The van der Waals surface area contributed by atoms with Crippen LogP contribution in [-0.2, 0) is 13.6 Å². The van der Waals surface area contributed by atoms with E-state index >= 15 is 0 Å². The average Bonchev–Trinajstić information content (AvgIpc) is 2.72. The first kappa shape index (κ1) is 11.0. The molecular weight excluding hydrogens is 202 g/mol. The monoisotopic (exact) mass is 221 g/mol. The van der Waals surface area contributed by atoms with E-state index in [-0.39, 0.29) is 0 Å². The lowest BCUT2D eigenvalue weighted by Gasteiger charge is -2.15. The first-order valence-corrected chi connectivity index (χ1v) is 5.58. The minimum Gasteiger partial charge on any atom is -0.352 e. The second kappa shape index (κ2) is 4.15. The minimum atomic E-state index is 0.800. The molecule has 16 heavy (non-hydrogen) atoms. The Labute approximate surface area is 96.2 Å². The largest absolute Gasteiger partial charge is 0.352 e. The maximum atomic E-state index is 4.40. The Morgan fingerprint density at radius 1 is 1.31 bits per heavy atom. The lowest BCUT2D eigenvalue weighted by molar-refractivity contribution is 0.533. The number of hydrogen-bond acceptors (Lipinski definition) is 4. The predicted octanol–water partition coefficient (Wildman–Crippen LogP) is 0.428. The number of aromatic nitrogens is 2. The molecule has 5 heteroatoms. The van der Waals surface area contributed by atoms with Crippen LogP contribution in [0.1, 0.15) is 17.0 Å². The summed E-state index contributed by atoms with van der Waals surface area (Å²) < 4.78 is 1.92. The predicted molar refractivity (Wildman–Crippen MR) is 64.5 cm³/mol. The van der Waals surface area contributed by atoms with E-state index in [1.807, 2.05) is 18.7 Å². The van der Waals surface area contributed by atoms with Crippen LogP contribution in [0.4, 0.5) is 0 Å². The van der Waals surface area contributed by atoms with Crippen LogP contribution in [0, 0.1) is 13.8 Å². The van der Waals surface area contributed by atoms with Crippen LogP contribution < -0.4 is 5.32 Å². The van der Waals surface area contributed by atoms with Gasteiger partial charge < -0.3 is 10.2 Å². The highest BCUT2D eigenvalue weighted by atomic mass is 15.3. The smallest absolute Gasteiger partial charge is 0.194 e. The molecule has 2 rings (SSSR count). The van der Waals surface area contributed by atoms with E-state index in [4.69, 9.17) is 0 Å². The van der Waals surface area contributed by atoms with Crippen molar-refractivity contribution < 1.29 is 0 Å². The first-order chi connectivity index (χ1) is 7.59. The quantitative estimate of drug-likeness (QED) is 0.787. The van der Waals surface area contributed by atoms with E-state index in [9.17, 15) is 0 Å². The van der Waals surface area contributed by atoms with Crippen LogP contribution in [0.25, 0.3) is 0 Å². The van der Waals surface area contributed by atoms with Crippen molar-refractivity contribution in [1.29, 1.82) is 0 Å². The Hall–Kier alpha value is -1.52. The highest BCUT2D eigenvalue weighted by Gasteiger charge is 2.14. The van der Waals surface area contributed by atoms with Gasteiger partial charge in [0, 0.05) is 38.4 Å². The van der Waals surface area contributed by atoms with Crippen molar-refractivity contribution in [3.63, 3.8) is 0 Å². The number of aryl methyl sites for hydroxylation is 2. The van der Waals surface area contributed by atoms with Crippen molar-refractivity contribution in [1.82, 2.24) is 20.0 Å². The van der Waals surface area contributed by atoms with Crippen molar-refractivity contribution in [2.75, 3.05) is 20.1 Å². The highest BCUT2D eigenvalue weighted by molar-refractivity contribution is 5.81. The molecule has 1 aromatic heterocycles. The Kier molecular flexibility index (Phi) is 2.85. The molecular formula is C11H19N5. The second-order valence-electron chi connectivity index (χ2n) is 4.25. The molecule has 0 aromatic carbocycles. The standard InChI is InChI=1S/C11H19N5/c1-8-10(9(2)16(4)14-8)7-13-11-12-5-6-15(11)3/h5-7H2,1-4H3,(H,12,13). The Morgan fingerprint density at radius 2 is 2.06 bits per heavy atom. The van der Waals surface area contributed by atoms with Gasteiger partial charge in [-0.05, 0) is 13.8 Å². The average molecular weight is 221 g/mol. The molecule has 0 fully saturated rings. The summed E-state index contributed by atoms with van der Waals surface area (Å²) in [4.78, 5) is 6.54. The summed E-state index contributed by atoms with van der Waals surface area (Å²) in [6.45, 7) is 6.84. The summed E-state index contributed by atoms with van der Waals surface area (Å²) in [7, 11) is 4.03. The van der Waals surface area contributed by atoms with Crippen LogP contribution >= 0.6 is 0 Å². The Morgan fingerprint density at radius 3 is 2.56 bits per heavy atom. The third-order valence-corrected chi connectivity index (χ3v) is 3.14. The molecule has 1 aliphatic heterocycles. The Balaban J connectivity index is 2.05. The summed E-state index contributed by atoms with van der Waals surface area (Å²) in [6.07, 6.45) is 0. The van der Waals surface area contributed by atoms with Crippen molar-refractivity contribution in [3.8, 4) is 0 Å². The van der Waals surface area contributed by atoms with Crippen LogP contribution in [0.2, 0.25) is 0 Å². The second-order valence-corrected chi connectivity index (χ2v) is 4.25. The van der Waals surface area contributed by atoms with E-state index in [1.165, 1.54) is 11.3 Å². The summed E-state index contributed by atoms with van der Waals surface area (Å²) >= 11 is 0. The molecule has 2 heterocycles. The third-order valence-electron chi connectivity index (χ3n) is 3.14. The zero-order valence-corrected chi connectivity index (χ0v) is 10.4. The van der Waals surface area contributed by atoms with Crippen LogP contribution in [-0.4, -0.2) is 40.8 Å². The van der Waals surface area contributed by atoms with Gasteiger partial charge in [0.25, 0.3) is 0 Å². The third kappa shape index (κ3) is 1.89. The SMILES string of the molecule is Cc1nn(C)c(C)c1CNC1=NCCN1C. The van der Waals surface area contributed by atoms with Crippen LogP contribution in [0.3, 0.4) is 0 Å². The van der Waals surface area contributed by atoms with E-state index in [1.54, 1.807) is 0 Å². The van der Waals surface area contributed by atoms with Gasteiger partial charge in [0.05, 0.1) is 12.2 Å². The van der Waals surface area contributed by atoms with Gasteiger partial charge >= 0.3 is 0 Å². The van der Waals surface area contributed by atoms with E-state index in [2.05, 4.69) is 34.3 Å². The summed E-state index contributed by atoms with van der Waals surface area (Å²) in [5, 5.41) is 7.76. The number of rotatable bonds is 2. The van der Waals surface area contributed by atoms with Crippen molar-refractivity contribution in [3.05, 3.63) is 17.0 Å². The van der Waals surface area contributed by atoms with Crippen LogP contribution in [0.5, 0.6) is 0 Å². The van der Waals surface area contributed by atoms with Crippen molar-refractivity contribution in [2.45, 2.75) is 20.4 Å². The zero-order chi connectivity index (χ0) is 11.7. The zero-order valence-electron chi connectivity index (χ0n) is 10.4. The maximum absolute atomic E-state index is 4.40. The molecule has 0 bridgehead atoms. The number of likely N-dealkylation sites (N-methyl/N-ethyl adjacent to an activating group) is 1. The summed E-state index contributed by atoms with van der Waals surface area (Å²) in [6, 6.07) is 0. The summed E-state index contributed by atoms with van der Waals surface area (Å²) in [5.41, 5.74) is 3.57.